The Hall–Kier alpha value is -0.940. The fraction of sp³-hybridized carbons (Fsp3) is 0.818. The molecule has 2 N–H and O–H groups in total. The van der Waals surface area contributed by atoms with Gasteiger partial charge in [-0.05, 0) is 12.8 Å². The van der Waals surface area contributed by atoms with E-state index in [1.54, 1.807) is 0 Å². The minimum atomic E-state index is -0.298. The maximum atomic E-state index is 5.88. The fourth-order valence-corrected chi connectivity index (χ4v) is 1.20. The summed E-state index contributed by atoms with van der Waals surface area (Å²) < 4.78 is 10.5. The van der Waals surface area contributed by atoms with Gasteiger partial charge in [-0.25, -0.2) is 0 Å². The lowest BCUT2D eigenvalue weighted by atomic mass is 10.1. The zero-order valence-electron chi connectivity index (χ0n) is 10.3. The van der Waals surface area contributed by atoms with E-state index in [0.29, 0.717) is 24.9 Å². The zero-order chi connectivity index (χ0) is 12.0. The predicted molar refractivity (Wildman–Crippen MR) is 61.0 cm³/mol. The van der Waals surface area contributed by atoms with Gasteiger partial charge in [-0.15, -0.1) is 0 Å². The van der Waals surface area contributed by atoms with Crippen LogP contribution in [-0.2, 0) is 4.74 Å². The van der Waals surface area contributed by atoms with Crippen molar-refractivity contribution in [1.82, 2.24) is 10.1 Å². The largest absolute Gasteiger partial charge is 0.379 e. The Balaban J connectivity index is 2.49. The van der Waals surface area contributed by atoms with E-state index < -0.39 is 0 Å². The number of nitrogens with two attached hydrogens (primary N) is 1. The average Bonchev–Trinajstić information content (AvgIpc) is 2.77. The van der Waals surface area contributed by atoms with Gasteiger partial charge < -0.3 is 15.0 Å². The lowest BCUT2D eigenvalue weighted by molar-refractivity contribution is 0.119. The molecule has 1 heterocycles. The third kappa shape index (κ3) is 3.57. The van der Waals surface area contributed by atoms with Crippen molar-refractivity contribution in [3.05, 3.63) is 11.7 Å². The molecule has 5 nitrogen and oxygen atoms in total. The molecule has 0 aliphatic carbocycles. The summed E-state index contributed by atoms with van der Waals surface area (Å²) in [5, 5.41) is 3.87. The van der Waals surface area contributed by atoms with Crippen molar-refractivity contribution >= 4 is 0 Å². The van der Waals surface area contributed by atoms with E-state index in [1.807, 2.05) is 0 Å². The van der Waals surface area contributed by atoms with Crippen molar-refractivity contribution in [1.29, 1.82) is 0 Å². The molecule has 1 aromatic rings. The van der Waals surface area contributed by atoms with Crippen LogP contribution in [0.4, 0.5) is 0 Å². The molecule has 2 atom stereocenters. The van der Waals surface area contributed by atoms with Crippen LogP contribution in [0.2, 0.25) is 0 Å². The molecule has 0 amide bonds. The third-order valence-corrected chi connectivity index (χ3v) is 2.47. The van der Waals surface area contributed by atoms with Crippen molar-refractivity contribution in [3.63, 3.8) is 0 Å². The third-order valence-electron chi connectivity index (χ3n) is 2.47. The topological polar surface area (TPSA) is 74.2 Å². The standard InChI is InChI=1S/C11H21N3O2/c1-4-6-15-7-9(12)10-13-11(16-14-10)8(3)5-2/h8-9H,4-7,12H2,1-3H3. The first kappa shape index (κ1) is 13.1. The maximum absolute atomic E-state index is 5.88. The zero-order valence-corrected chi connectivity index (χ0v) is 10.3. The Bertz CT molecular complexity index is 301. The van der Waals surface area contributed by atoms with Gasteiger partial charge in [-0.1, -0.05) is 25.9 Å². The monoisotopic (exact) mass is 227 g/mol. The summed E-state index contributed by atoms with van der Waals surface area (Å²) in [5.41, 5.74) is 5.88. The summed E-state index contributed by atoms with van der Waals surface area (Å²) in [4.78, 5) is 4.28. The van der Waals surface area contributed by atoms with E-state index in [9.17, 15) is 0 Å². The molecular formula is C11H21N3O2. The van der Waals surface area contributed by atoms with E-state index in [0.717, 1.165) is 12.8 Å². The first-order valence-electron chi connectivity index (χ1n) is 5.85. The highest BCUT2D eigenvalue weighted by atomic mass is 16.5. The number of ether oxygens (including phenoxy) is 1. The van der Waals surface area contributed by atoms with Crippen LogP contribution >= 0.6 is 0 Å². The van der Waals surface area contributed by atoms with Crippen molar-refractivity contribution < 1.29 is 9.26 Å². The molecule has 92 valence electrons. The Morgan fingerprint density at radius 2 is 2.19 bits per heavy atom. The minimum absolute atomic E-state index is 0.282. The molecule has 0 aliphatic heterocycles. The van der Waals surface area contributed by atoms with Crippen molar-refractivity contribution in [3.8, 4) is 0 Å². The summed E-state index contributed by atoms with van der Waals surface area (Å²) in [7, 11) is 0. The lowest BCUT2D eigenvalue weighted by Crippen LogP contribution is -2.19. The molecule has 0 spiro atoms. The highest BCUT2D eigenvalue weighted by Gasteiger charge is 2.17. The van der Waals surface area contributed by atoms with E-state index in [4.69, 9.17) is 15.0 Å². The van der Waals surface area contributed by atoms with E-state index >= 15 is 0 Å². The Kier molecular flexibility index (Phi) is 5.42. The molecule has 0 saturated heterocycles. The first-order chi connectivity index (χ1) is 7.69. The summed E-state index contributed by atoms with van der Waals surface area (Å²) in [6, 6.07) is -0.298. The smallest absolute Gasteiger partial charge is 0.229 e. The molecule has 1 rings (SSSR count). The lowest BCUT2D eigenvalue weighted by Gasteiger charge is -2.06. The Morgan fingerprint density at radius 3 is 2.81 bits per heavy atom. The van der Waals surface area contributed by atoms with Gasteiger partial charge in [0, 0.05) is 12.5 Å². The fourth-order valence-electron chi connectivity index (χ4n) is 1.20. The Morgan fingerprint density at radius 1 is 1.44 bits per heavy atom. The van der Waals surface area contributed by atoms with E-state index in [2.05, 4.69) is 30.9 Å². The molecule has 0 radical (unpaired) electrons. The van der Waals surface area contributed by atoms with Crippen LogP contribution in [0.1, 0.15) is 57.3 Å². The molecular weight excluding hydrogens is 206 g/mol. The predicted octanol–water partition coefficient (Wildman–Crippen LogP) is 2.01. The number of rotatable bonds is 7. The molecule has 0 aromatic carbocycles. The highest BCUT2D eigenvalue weighted by molar-refractivity contribution is 4.96. The van der Waals surface area contributed by atoms with Crippen LogP contribution in [0.5, 0.6) is 0 Å². The van der Waals surface area contributed by atoms with Crippen LogP contribution in [0, 0.1) is 0 Å². The van der Waals surface area contributed by atoms with Gasteiger partial charge in [0.2, 0.25) is 5.89 Å². The SMILES string of the molecule is CCCOCC(N)c1noc(C(C)CC)n1. The van der Waals surface area contributed by atoms with Gasteiger partial charge in [-0.2, -0.15) is 4.98 Å². The van der Waals surface area contributed by atoms with Gasteiger partial charge in [0.05, 0.1) is 12.6 Å². The number of aromatic nitrogens is 2. The van der Waals surface area contributed by atoms with Crippen molar-refractivity contribution in [2.75, 3.05) is 13.2 Å². The minimum Gasteiger partial charge on any atom is -0.379 e. The first-order valence-corrected chi connectivity index (χ1v) is 5.85. The van der Waals surface area contributed by atoms with Gasteiger partial charge in [0.1, 0.15) is 0 Å². The summed E-state index contributed by atoms with van der Waals surface area (Å²) in [6.45, 7) is 7.34. The van der Waals surface area contributed by atoms with Gasteiger partial charge >= 0.3 is 0 Å². The van der Waals surface area contributed by atoms with Crippen LogP contribution in [-0.4, -0.2) is 23.4 Å². The molecule has 0 bridgehead atoms. The summed E-state index contributed by atoms with van der Waals surface area (Å²) in [6.07, 6.45) is 1.96. The molecule has 1 aromatic heterocycles. The average molecular weight is 227 g/mol. The molecule has 0 aliphatic rings. The van der Waals surface area contributed by atoms with Crippen LogP contribution in [0.15, 0.2) is 4.52 Å². The molecule has 0 saturated carbocycles. The second-order valence-electron chi connectivity index (χ2n) is 3.98. The summed E-state index contributed by atoms with van der Waals surface area (Å²) in [5.74, 6) is 1.47. The Labute approximate surface area is 96.4 Å². The second kappa shape index (κ2) is 6.60. The van der Waals surface area contributed by atoms with Crippen LogP contribution < -0.4 is 5.73 Å². The number of hydrogen-bond acceptors (Lipinski definition) is 5. The van der Waals surface area contributed by atoms with Crippen LogP contribution in [0.3, 0.4) is 0 Å². The molecule has 2 unspecified atom stereocenters. The summed E-state index contributed by atoms with van der Waals surface area (Å²) >= 11 is 0. The molecule has 5 heteroatoms. The van der Waals surface area contributed by atoms with Crippen molar-refractivity contribution in [2.24, 2.45) is 5.73 Å². The van der Waals surface area contributed by atoms with Gasteiger partial charge in [0.25, 0.3) is 0 Å². The van der Waals surface area contributed by atoms with Gasteiger partial charge in [-0.3, -0.25) is 0 Å². The van der Waals surface area contributed by atoms with Crippen molar-refractivity contribution in [2.45, 2.75) is 45.6 Å². The maximum Gasteiger partial charge on any atom is 0.229 e. The number of hydrogen-bond donors (Lipinski definition) is 1. The normalized spacial score (nSPS) is 15.0. The van der Waals surface area contributed by atoms with Crippen LogP contribution in [0.25, 0.3) is 0 Å². The van der Waals surface area contributed by atoms with E-state index in [-0.39, 0.29) is 12.0 Å². The molecule has 0 fully saturated rings. The highest BCUT2D eigenvalue weighted by Crippen LogP contribution is 2.17. The number of nitrogens with zero attached hydrogens (tertiary/aromatic N) is 2. The molecule has 16 heavy (non-hydrogen) atoms. The second-order valence-corrected chi connectivity index (χ2v) is 3.98. The quantitative estimate of drug-likeness (QED) is 0.721. The van der Waals surface area contributed by atoms with Gasteiger partial charge in [0.15, 0.2) is 5.82 Å². The van der Waals surface area contributed by atoms with E-state index in [1.165, 1.54) is 0 Å².